The lowest BCUT2D eigenvalue weighted by Gasteiger charge is -2.09. The van der Waals surface area contributed by atoms with Crippen LogP contribution in [-0.4, -0.2) is 26.4 Å². The van der Waals surface area contributed by atoms with E-state index in [2.05, 4.69) is 20.6 Å². The summed E-state index contributed by atoms with van der Waals surface area (Å²) in [6, 6.07) is 12.4. The molecule has 1 aromatic carbocycles. The van der Waals surface area contributed by atoms with E-state index in [4.69, 9.17) is 0 Å². The predicted molar refractivity (Wildman–Crippen MR) is 100 cm³/mol. The van der Waals surface area contributed by atoms with Crippen LogP contribution in [-0.2, 0) is 6.54 Å². The molecule has 0 bridgehead atoms. The van der Waals surface area contributed by atoms with Gasteiger partial charge in [-0.1, -0.05) is 31.2 Å². The van der Waals surface area contributed by atoms with Crippen LogP contribution in [0.5, 0.6) is 0 Å². The van der Waals surface area contributed by atoms with E-state index in [1.807, 2.05) is 19.1 Å². The SMILES string of the molecule is CCCn1nc(C(=O)N/N=C(\C)c2ccccn2)c2ccccc2c1=O. The third kappa shape index (κ3) is 3.51. The van der Waals surface area contributed by atoms with Gasteiger partial charge in [-0.3, -0.25) is 14.6 Å². The Hall–Kier alpha value is -3.35. The van der Waals surface area contributed by atoms with Gasteiger partial charge in [-0.25, -0.2) is 10.1 Å². The van der Waals surface area contributed by atoms with Crippen molar-refractivity contribution in [1.29, 1.82) is 0 Å². The molecule has 0 aliphatic rings. The predicted octanol–water partition coefficient (Wildman–Crippen LogP) is 2.36. The van der Waals surface area contributed by atoms with E-state index >= 15 is 0 Å². The molecule has 0 aliphatic heterocycles. The number of carbonyl (C=O) groups is 1. The molecular formula is C19H19N5O2. The highest BCUT2D eigenvalue weighted by molar-refractivity contribution is 6.05. The van der Waals surface area contributed by atoms with Gasteiger partial charge in [0.1, 0.15) is 0 Å². The molecule has 0 radical (unpaired) electrons. The second-order valence-electron chi connectivity index (χ2n) is 5.78. The monoisotopic (exact) mass is 349 g/mol. The number of benzene rings is 1. The molecule has 0 spiro atoms. The Labute approximate surface area is 150 Å². The number of aryl methyl sites for hydroxylation is 1. The van der Waals surface area contributed by atoms with Gasteiger partial charge in [0.15, 0.2) is 5.69 Å². The van der Waals surface area contributed by atoms with Crippen LogP contribution in [0.1, 0.15) is 36.5 Å². The second kappa shape index (κ2) is 7.69. The topological polar surface area (TPSA) is 89.2 Å². The van der Waals surface area contributed by atoms with Gasteiger partial charge in [-0.15, -0.1) is 0 Å². The first kappa shape index (κ1) is 17.5. The highest BCUT2D eigenvalue weighted by Crippen LogP contribution is 2.13. The van der Waals surface area contributed by atoms with Crippen LogP contribution >= 0.6 is 0 Å². The molecule has 2 aromatic heterocycles. The molecule has 0 saturated carbocycles. The van der Waals surface area contributed by atoms with Crippen molar-refractivity contribution in [2.24, 2.45) is 5.10 Å². The summed E-state index contributed by atoms with van der Waals surface area (Å²) in [5.41, 5.74) is 3.72. The summed E-state index contributed by atoms with van der Waals surface area (Å²) in [6.07, 6.45) is 2.40. The first-order valence-electron chi connectivity index (χ1n) is 8.37. The van der Waals surface area contributed by atoms with Crippen molar-refractivity contribution < 1.29 is 4.79 Å². The number of nitrogens with zero attached hydrogens (tertiary/aromatic N) is 4. The molecule has 7 nitrogen and oxygen atoms in total. The van der Waals surface area contributed by atoms with Gasteiger partial charge < -0.3 is 0 Å². The maximum Gasteiger partial charge on any atom is 0.292 e. The zero-order valence-corrected chi connectivity index (χ0v) is 14.6. The maximum absolute atomic E-state index is 12.6. The first-order valence-corrected chi connectivity index (χ1v) is 8.37. The van der Waals surface area contributed by atoms with Gasteiger partial charge in [0.05, 0.1) is 16.8 Å². The number of rotatable bonds is 5. The van der Waals surface area contributed by atoms with Crippen LogP contribution in [0.4, 0.5) is 0 Å². The highest BCUT2D eigenvalue weighted by Gasteiger charge is 2.16. The van der Waals surface area contributed by atoms with Crippen molar-refractivity contribution in [3.05, 3.63) is 70.4 Å². The zero-order chi connectivity index (χ0) is 18.5. The van der Waals surface area contributed by atoms with Crippen molar-refractivity contribution in [2.45, 2.75) is 26.8 Å². The summed E-state index contributed by atoms with van der Waals surface area (Å²) in [6.45, 7) is 4.15. The van der Waals surface area contributed by atoms with E-state index < -0.39 is 5.91 Å². The third-order valence-corrected chi connectivity index (χ3v) is 3.88. The number of amides is 1. The van der Waals surface area contributed by atoms with Crippen LogP contribution in [0, 0.1) is 0 Å². The van der Waals surface area contributed by atoms with Crippen LogP contribution in [0.2, 0.25) is 0 Å². The maximum atomic E-state index is 12.6. The number of pyridine rings is 1. The molecule has 0 unspecified atom stereocenters. The molecule has 1 amide bonds. The Morgan fingerprint density at radius 2 is 1.88 bits per heavy atom. The van der Waals surface area contributed by atoms with Crippen molar-refractivity contribution in [3.8, 4) is 0 Å². The Bertz CT molecular complexity index is 1030. The molecule has 2 heterocycles. The largest absolute Gasteiger partial charge is 0.292 e. The number of nitrogens with one attached hydrogen (secondary N) is 1. The van der Waals surface area contributed by atoms with Crippen LogP contribution in [0.15, 0.2) is 58.6 Å². The number of fused-ring (bicyclic) bond motifs is 1. The standard InChI is InChI=1S/C19H19N5O2/c1-3-12-24-19(26)15-9-5-4-8-14(15)17(23-24)18(25)22-21-13(2)16-10-6-7-11-20-16/h4-11H,3,12H2,1-2H3,(H,22,25)/b21-13+. The Morgan fingerprint density at radius 3 is 2.58 bits per heavy atom. The van der Waals surface area contributed by atoms with E-state index in [1.165, 1.54) is 4.68 Å². The fourth-order valence-corrected chi connectivity index (χ4v) is 2.59. The fraction of sp³-hybridized carbons (Fsp3) is 0.211. The number of hydrazone groups is 1. The van der Waals surface area contributed by atoms with E-state index in [1.54, 1.807) is 43.5 Å². The molecule has 0 atom stereocenters. The number of carbonyl (C=O) groups excluding carboxylic acids is 1. The number of hydrogen-bond acceptors (Lipinski definition) is 5. The van der Waals surface area contributed by atoms with Crippen molar-refractivity contribution in [1.82, 2.24) is 20.2 Å². The van der Waals surface area contributed by atoms with E-state index in [0.717, 1.165) is 6.42 Å². The minimum absolute atomic E-state index is 0.172. The van der Waals surface area contributed by atoms with E-state index in [9.17, 15) is 9.59 Å². The normalized spacial score (nSPS) is 11.5. The number of hydrogen-bond donors (Lipinski definition) is 1. The summed E-state index contributed by atoms with van der Waals surface area (Å²) in [7, 11) is 0. The van der Waals surface area contributed by atoms with Gasteiger partial charge in [-0.2, -0.15) is 10.2 Å². The van der Waals surface area contributed by atoms with Crippen molar-refractivity contribution >= 4 is 22.4 Å². The Kier molecular flexibility index (Phi) is 5.17. The minimum Gasteiger partial charge on any atom is -0.267 e. The lowest BCUT2D eigenvalue weighted by molar-refractivity contribution is 0.0949. The summed E-state index contributed by atoms with van der Waals surface area (Å²) in [5.74, 6) is -0.471. The van der Waals surface area contributed by atoms with Gasteiger partial charge in [0, 0.05) is 18.1 Å². The van der Waals surface area contributed by atoms with Gasteiger partial charge in [0.2, 0.25) is 0 Å². The van der Waals surface area contributed by atoms with E-state index in [0.29, 0.717) is 28.7 Å². The first-order chi connectivity index (χ1) is 12.6. The van der Waals surface area contributed by atoms with Crippen LogP contribution in [0.3, 0.4) is 0 Å². The molecule has 26 heavy (non-hydrogen) atoms. The Balaban J connectivity index is 1.98. The lowest BCUT2D eigenvalue weighted by Crippen LogP contribution is -2.29. The average molecular weight is 349 g/mol. The third-order valence-electron chi connectivity index (χ3n) is 3.88. The molecule has 7 heteroatoms. The molecule has 0 saturated heterocycles. The fourth-order valence-electron chi connectivity index (χ4n) is 2.59. The molecule has 132 valence electrons. The van der Waals surface area contributed by atoms with Gasteiger partial charge in [-0.05, 0) is 31.5 Å². The molecule has 0 aliphatic carbocycles. The molecular weight excluding hydrogens is 330 g/mol. The van der Waals surface area contributed by atoms with Crippen LogP contribution in [0.25, 0.3) is 10.8 Å². The van der Waals surface area contributed by atoms with Crippen LogP contribution < -0.4 is 11.0 Å². The second-order valence-corrected chi connectivity index (χ2v) is 5.78. The zero-order valence-electron chi connectivity index (χ0n) is 14.6. The minimum atomic E-state index is -0.471. The molecule has 0 fully saturated rings. The van der Waals surface area contributed by atoms with E-state index in [-0.39, 0.29) is 11.3 Å². The smallest absolute Gasteiger partial charge is 0.267 e. The quantitative estimate of drug-likeness (QED) is 0.566. The molecule has 1 N–H and O–H groups in total. The summed E-state index contributed by atoms with van der Waals surface area (Å²) < 4.78 is 1.33. The highest BCUT2D eigenvalue weighted by atomic mass is 16.2. The summed E-state index contributed by atoms with van der Waals surface area (Å²) >= 11 is 0. The van der Waals surface area contributed by atoms with Crippen molar-refractivity contribution in [3.63, 3.8) is 0 Å². The summed E-state index contributed by atoms with van der Waals surface area (Å²) in [5, 5.41) is 9.32. The van der Waals surface area contributed by atoms with Gasteiger partial charge >= 0.3 is 0 Å². The molecule has 3 aromatic rings. The molecule has 3 rings (SSSR count). The summed E-state index contributed by atoms with van der Waals surface area (Å²) in [4.78, 5) is 29.3. The average Bonchev–Trinajstić information content (AvgIpc) is 2.69. The number of aromatic nitrogens is 3. The van der Waals surface area contributed by atoms with Gasteiger partial charge in [0.25, 0.3) is 11.5 Å². The van der Waals surface area contributed by atoms with Crippen molar-refractivity contribution in [2.75, 3.05) is 0 Å². The lowest BCUT2D eigenvalue weighted by atomic mass is 10.1. The Morgan fingerprint density at radius 1 is 1.15 bits per heavy atom.